The Hall–Kier alpha value is -0.810. The first-order valence-corrected chi connectivity index (χ1v) is 5.97. The quantitative estimate of drug-likeness (QED) is 0.726. The lowest BCUT2D eigenvalue weighted by Gasteiger charge is -2.49. The Balaban J connectivity index is 1.82. The number of aliphatic hydroxyl groups is 1. The van der Waals surface area contributed by atoms with Gasteiger partial charge < -0.3 is 19.5 Å². The van der Waals surface area contributed by atoms with Crippen molar-refractivity contribution in [3.05, 3.63) is 0 Å². The maximum absolute atomic E-state index is 11.7. The van der Waals surface area contributed by atoms with Crippen LogP contribution in [0, 0.1) is 0 Å². The highest BCUT2D eigenvalue weighted by molar-refractivity contribution is 5.68. The number of hydrogen-bond donors (Lipinski definition) is 1. The second-order valence-electron chi connectivity index (χ2n) is 4.37. The van der Waals surface area contributed by atoms with Crippen LogP contribution in [0.1, 0.15) is 26.2 Å². The fraction of sp³-hybridized carbons (Fsp3) is 0.909. The van der Waals surface area contributed by atoms with Crippen molar-refractivity contribution in [3.63, 3.8) is 0 Å². The highest BCUT2D eigenvalue weighted by Crippen LogP contribution is 2.32. The highest BCUT2D eigenvalue weighted by atomic mass is 16.6. The minimum absolute atomic E-state index is 0.0119. The SMILES string of the molecule is CCCCOC(=O)N1CCO[C@H]2[C@H](O)C[C@H]21. The van der Waals surface area contributed by atoms with Crippen molar-refractivity contribution in [2.45, 2.75) is 44.4 Å². The van der Waals surface area contributed by atoms with Crippen LogP contribution < -0.4 is 0 Å². The fourth-order valence-electron chi connectivity index (χ4n) is 2.17. The van der Waals surface area contributed by atoms with Crippen LogP contribution in [0.5, 0.6) is 0 Å². The Kier molecular flexibility index (Phi) is 3.66. The van der Waals surface area contributed by atoms with Gasteiger partial charge in [0.25, 0.3) is 0 Å². The third-order valence-electron chi connectivity index (χ3n) is 3.24. The van der Waals surface area contributed by atoms with Gasteiger partial charge in [0, 0.05) is 6.54 Å². The Labute approximate surface area is 95.3 Å². The molecule has 1 aliphatic carbocycles. The monoisotopic (exact) mass is 229 g/mol. The third-order valence-corrected chi connectivity index (χ3v) is 3.24. The molecule has 0 spiro atoms. The molecule has 1 saturated carbocycles. The van der Waals surface area contributed by atoms with Crippen molar-refractivity contribution in [2.24, 2.45) is 0 Å². The molecule has 0 unspecified atom stereocenters. The van der Waals surface area contributed by atoms with E-state index in [1.165, 1.54) is 0 Å². The molecule has 2 aliphatic rings. The maximum atomic E-state index is 11.7. The molecule has 1 heterocycles. The summed E-state index contributed by atoms with van der Waals surface area (Å²) in [4.78, 5) is 13.4. The Morgan fingerprint density at radius 1 is 1.62 bits per heavy atom. The lowest BCUT2D eigenvalue weighted by atomic mass is 9.83. The molecule has 2 rings (SSSR count). The summed E-state index contributed by atoms with van der Waals surface area (Å²) in [6.07, 6.45) is 1.63. The normalized spacial score (nSPS) is 32.9. The van der Waals surface area contributed by atoms with Gasteiger partial charge in [-0.25, -0.2) is 4.79 Å². The molecular weight excluding hydrogens is 210 g/mol. The van der Waals surface area contributed by atoms with Crippen LogP contribution in [-0.4, -0.2) is 54.1 Å². The van der Waals surface area contributed by atoms with Crippen LogP contribution in [-0.2, 0) is 9.47 Å². The standard InChI is InChI=1S/C11H19NO4/c1-2-3-5-16-11(14)12-4-6-15-10-8(12)7-9(10)13/h8-10,13H,2-7H2,1H3/t8-,9-,10-/m1/s1. The molecule has 3 atom stereocenters. The molecule has 5 nitrogen and oxygen atoms in total. The lowest BCUT2D eigenvalue weighted by Crippen LogP contribution is -2.65. The number of hydrogen-bond acceptors (Lipinski definition) is 4. The number of morpholine rings is 1. The van der Waals surface area contributed by atoms with Gasteiger partial charge in [-0.05, 0) is 12.8 Å². The number of fused-ring (bicyclic) bond motifs is 1. The summed E-state index contributed by atoms with van der Waals surface area (Å²) in [5.74, 6) is 0. The first kappa shape index (κ1) is 11.7. The van der Waals surface area contributed by atoms with Crippen molar-refractivity contribution >= 4 is 6.09 Å². The minimum atomic E-state index is -0.420. The summed E-state index contributed by atoms with van der Waals surface area (Å²) in [5, 5.41) is 9.45. The van der Waals surface area contributed by atoms with Crippen molar-refractivity contribution in [2.75, 3.05) is 19.8 Å². The summed E-state index contributed by atoms with van der Waals surface area (Å²) in [7, 11) is 0. The van der Waals surface area contributed by atoms with Gasteiger partial charge in [-0.15, -0.1) is 0 Å². The van der Waals surface area contributed by atoms with Gasteiger partial charge in [0.2, 0.25) is 0 Å². The van der Waals surface area contributed by atoms with E-state index in [-0.39, 0.29) is 18.2 Å². The molecule has 1 amide bonds. The predicted octanol–water partition coefficient (Wildman–Crippen LogP) is 0.757. The van der Waals surface area contributed by atoms with E-state index >= 15 is 0 Å². The number of carbonyl (C=O) groups excluding carboxylic acids is 1. The molecule has 0 aromatic rings. The van der Waals surface area contributed by atoms with E-state index in [0.29, 0.717) is 26.2 Å². The zero-order valence-electron chi connectivity index (χ0n) is 9.59. The predicted molar refractivity (Wildman–Crippen MR) is 57.1 cm³/mol. The van der Waals surface area contributed by atoms with Gasteiger partial charge in [-0.3, -0.25) is 0 Å². The first-order valence-electron chi connectivity index (χ1n) is 5.97. The number of amides is 1. The van der Waals surface area contributed by atoms with Crippen LogP contribution in [0.4, 0.5) is 4.79 Å². The van der Waals surface area contributed by atoms with E-state index in [1.807, 2.05) is 0 Å². The average Bonchev–Trinajstić information content (AvgIpc) is 2.28. The molecule has 1 aliphatic heterocycles. The number of rotatable bonds is 3. The summed E-state index contributed by atoms with van der Waals surface area (Å²) in [5.41, 5.74) is 0. The van der Waals surface area contributed by atoms with Crippen LogP contribution >= 0.6 is 0 Å². The molecule has 16 heavy (non-hydrogen) atoms. The van der Waals surface area contributed by atoms with Crippen LogP contribution in [0.2, 0.25) is 0 Å². The first-order chi connectivity index (χ1) is 7.74. The van der Waals surface area contributed by atoms with Crippen LogP contribution in [0.25, 0.3) is 0 Å². The summed E-state index contributed by atoms with van der Waals surface area (Å²) in [6, 6.07) is 0.0119. The van der Waals surface area contributed by atoms with Gasteiger partial charge in [-0.2, -0.15) is 0 Å². The van der Waals surface area contributed by atoms with Crippen LogP contribution in [0.15, 0.2) is 0 Å². The Bertz CT molecular complexity index is 258. The average molecular weight is 229 g/mol. The van der Waals surface area contributed by atoms with Gasteiger partial charge in [0.05, 0.1) is 25.4 Å². The van der Waals surface area contributed by atoms with Crippen molar-refractivity contribution in [1.82, 2.24) is 4.90 Å². The van der Waals surface area contributed by atoms with E-state index in [4.69, 9.17) is 9.47 Å². The second kappa shape index (κ2) is 5.01. The minimum Gasteiger partial charge on any atom is -0.449 e. The lowest BCUT2D eigenvalue weighted by molar-refractivity contribution is -0.177. The molecule has 0 radical (unpaired) electrons. The van der Waals surface area contributed by atoms with Gasteiger partial charge >= 0.3 is 6.09 Å². The summed E-state index contributed by atoms with van der Waals surface area (Å²) >= 11 is 0. The molecule has 1 saturated heterocycles. The van der Waals surface area contributed by atoms with E-state index in [1.54, 1.807) is 4.90 Å². The van der Waals surface area contributed by atoms with E-state index in [0.717, 1.165) is 12.8 Å². The molecule has 92 valence electrons. The third kappa shape index (κ3) is 2.15. The zero-order valence-corrected chi connectivity index (χ0v) is 9.59. The summed E-state index contributed by atoms with van der Waals surface area (Å²) in [6.45, 7) is 3.59. The van der Waals surface area contributed by atoms with Gasteiger partial charge in [0.15, 0.2) is 0 Å². The molecule has 5 heteroatoms. The molecule has 0 bridgehead atoms. The second-order valence-corrected chi connectivity index (χ2v) is 4.37. The molecule has 1 N–H and O–H groups in total. The van der Waals surface area contributed by atoms with E-state index < -0.39 is 6.10 Å². The van der Waals surface area contributed by atoms with E-state index in [9.17, 15) is 9.90 Å². The van der Waals surface area contributed by atoms with Crippen LogP contribution in [0.3, 0.4) is 0 Å². The largest absolute Gasteiger partial charge is 0.449 e. The number of carbonyl (C=O) groups is 1. The highest BCUT2D eigenvalue weighted by Gasteiger charge is 2.48. The van der Waals surface area contributed by atoms with Gasteiger partial charge in [-0.1, -0.05) is 13.3 Å². The number of ether oxygens (including phenoxy) is 2. The van der Waals surface area contributed by atoms with Crippen molar-refractivity contribution < 1.29 is 19.4 Å². The topological polar surface area (TPSA) is 59.0 Å². The zero-order chi connectivity index (χ0) is 11.5. The van der Waals surface area contributed by atoms with Crippen molar-refractivity contribution in [3.8, 4) is 0 Å². The fourth-order valence-corrected chi connectivity index (χ4v) is 2.17. The molecule has 0 aromatic heterocycles. The van der Waals surface area contributed by atoms with Gasteiger partial charge in [0.1, 0.15) is 6.10 Å². The van der Waals surface area contributed by atoms with Crippen molar-refractivity contribution in [1.29, 1.82) is 0 Å². The maximum Gasteiger partial charge on any atom is 0.410 e. The molecule has 2 fully saturated rings. The Morgan fingerprint density at radius 3 is 3.12 bits per heavy atom. The smallest absolute Gasteiger partial charge is 0.410 e. The number of unbranched alkanes of at least 4 members (excludes halogenated alkanes) is 1. The Morgan fingerprint density at radius 2 is 2.44 bits per heavy atom. The van der Waals surface area contributed by atoms with E-state index in [2.05, 4.69) is 6.92 Å². The molecule has 0 aromatic carbocycles. The summed E-state index contributed by atoms with van der Waals surface area (Å²) < 4.78 is 10.6. The molecular formula is C11H19NO4. The number of aliphatic hydroxyl groups excluding tert-OH is 1. The number of nitrogens with zero attached hydrogens (tertiary/aromatic N) is 1.